The molecule has 1 saturated heterocycles. The molecule has 0 radical (unpaired) electrons. The van der Waals surface area contributed by atoms with Gasteiger partial charge >= 0.3 is 12.0 Å². The predicted octanol–water partition coefficient (Wildman–Crippen LogP) is 1.34. The van der Waals surface area contributed by atoms with Crippen LogP contribution >= 0.6 is 0 Å². The highest BCUT2D eigenvalue weighted by Gasteiger charge is 2.55. The van der Waals surface area contributed by atoms with Gasteiger partial charge in [0.05, 0.1) is 0 Å². The van der Waals surface area contributed by atoms with Crippen molar-refractivity contribution in [3.8, 4) is 0 Å². The average molecular weight is 367 g/mol. The summed E-state index contributed by atoms with van der Waals surface area (Å²) in [6.07, 6.45) is 6.30. The lowest BCUT2D eigenvalue weighted by Crippen LogP contribution is -2.54. The number of rotatable bonds is 8. The molecule has 2 N–H and O–H groups in total. The first kappa shape index (κ1) is 20.2. The van der Waals surface area contributed by atoms with E-state index in [0.29, 0.717) is 13.0 Å². The van der Waals surface area contributed by atoms with E-state index in [2.05, 4.69) is 17.6 Å². The number of unbranched alkanes of at least 4 members (excludes halogenated alkanes) is 2. The van der Waals surface area contributed by atoms with Crippen LogP contribution in [0.5, 0.6) is 0 Å². The van der Waals surface area contributed by atoms with Gasteiger partial charge < -0.3 is 15.4 Å². The highest BCUT2D eigenvalue weighted by Crippen LogP contribution is 2.38. The number of nitrogens with zero attached hydrogens (tertiary/aromatic N) is 1. The van der Waals surface area contributed by atoms with Crippen LogP contribution in [0.1, 0.15) is 58.8 Å². The maximum absolute atomic E-state index is 12.7. The summed E-state index contributed by atoms with van der Waals surface area (Å²) in [6, 6.07) is -0.565. The lowest BCUT2D eigenvalue weighted by molar-refractivity contribution is -0.151. The van der Waals surface area contributed by atoms with Gasteiger partial charge in [0.25, 0.3) is 11.8 Å². The normalized spacial score (nSPS) is 25.3. The Morgan fingerprint density at radius 3 is 2.77 bits per heavy atom. The molecular weight excluding hydrogens is 338 g/mol. The lowest BCUT2D eigenvalue weighted by atomic mass is 9.73. The third kappa shape index (κ3) is 4.53. The van der Waals surface area contributed by atoms with Crippen molar-refractivity contribution in [3.05, 3.63) is 0 Å². The molecule has 8 nitrogen and oxygen atoms in total. The molecule has 2 aliphatic rings. The Bertz CT molecular complexity index is 565. The van der Waals surface area contributed by atoms with Crippen molar-refractivity contribution in [3.63, 3.8) is 0 Å². The monoisotopic (exact) mass is 367 g/mol. The molecule has 1 saturated carbocycles. The standard InChI is InChI=1S/C18H29N3O5/c1-3-4-7-10-19-14(22)12-26-15(23)11-21-16(24)18(20-17(21)25)9-6-5-8-13(18)2/h13H,3-12H2,1-2H3,(H,19,22)(H,20,25)/t13-,18+/m1/s1. The van der Waals surface area contributed by atoms with Crippen molar-refractivity contribution >= 4 is 23.8 Å². The number of carbonyl (C=O) groups is 4. The van der Waals surface area contributed by atoms with E-state index in [1.807, 2.05) is 6.92 Å². The Balaban J connectivity index is 1.80. The van der Waals surface area contributed by atoms with Crippen molar-refractivity contribution in [2.24, 2.45) is 5.92 Å². The van der Waals surface area contributed by atoms with Crippen LogP contribution in [0, 0.1) is 5.92 Å². The second-order valence-electron chi connectivity index (χ2n) is 7.16. The quantitative estimate of drug-likeness (QED) is 0.383. The molecular formula is C18H29N3O5. The molecule has 4 amide bonds. The second-order valence-corrected chi connectivity index (χ2v) is 7.16. The minimum absolute atomic E-state index is 0.0302. The third-order valence-electron chi connectivity index (χ3n) is 5.26. The molecule has 1 spiro atoms. The first-order chi connectivity index (χ1) is 12.4. The fourth-order valence-corrected chi connectivity index (χ4v) is 3.61. The topological polar surface area (TPSA) is 105 Å². The van der Waals surface area contributed by atoms with E-state index >= 15 is 0 Å². The van der Waals surface area contributed by atoms with E-state index in [4.69, 9.17) is 4.74 Å². The van der Waals surface area contributed by atoms with Crippen LogP contribution in [0.2, 0.25) is 0 Å². The Hall–Kier alpha value is -2.12. The zero-order chi connectivity index (χ0) is 19.2. The molecule has 1 aliphatic carbocycles. The van der Waals surface area contributed by atoms with Crippen LogP contribution in [0.3, 0.4) is 0 Å². The number of ether oxygens (including phenoxy) is 1. The van der Waals surface area contributed by atoms with Gasteiger partial charge in [0.1, 0.15) is 12.1 Å². The van der Waals surface area contributed by atoms with Gasteiger partial charge in [0.15, 0.2) is 6.61 Å². The molecule has 1 aliphatic heterocycles. The Labute approximate surface area is 154 Å². The number of esters is 1. The molecule has 0 bridgehead atoms. The van der Waals surface area contributed by atoms with Gasteiger partial charge in [0.2, 0.25) is 0 Å². The molecule has 0 aromatic rings. The Kier molecular flexibility index (Phi) is 6.99. The fourth-order valence-electron chi connectivity index (χ4n) is 3.61. The van der Waals surface area contributed by atoms with E-state index in [9.17, 15) is 19.2 Å². The summed E-state index contributed by atoms with van der Waals surface area (Å²) in [4.78, 5) is 49.4. The van der Waals surface area contributed by atoms with E-state index in [1.165, 1.54) is 0 Å². The summed E-state index contributed by atoms with van der Waals surface area (Å²) < 4.78 is 4.90. The maximum Gasteiger partial charge on any atom is 0.326 e. The van der Waals surface area contributed by atoms with Gasteiger partial charge in [-0.25, -0.2) is 4.79 Å². The third-order valence-corrected chi connectivity index (χ3v) is 5.26. The minimum Gasteiger partial charge on any atom is -0.454 e. The fraction of sp³-hybridized carbons (Fsp3) is 0.778. The number of nitrogens with one attached hydrogen (secondary N) is 2. The van der Waals surface area contributed by atoms with E-state index in [-0.39, 0.29) is 17.7 Å². The zero-order valence-electron chi connectivity index (χ0n) is 15.6. The van der Waals surface area contributed by atoms with Gasteiger partial charge in [0, 0.05) is 6.54 Å². The molecule has 146 valence electrons. The molecule has 2 fully saturated rings. The first-order valence-corrected chi connectivity index (χ1v) is 9.47. The number of hydrogen-bond acceptors (Lipinski definition) is 5. The number of urea groups is 1. The van der Waals surface area contributed by atoms with Crippen LogP contribution in [0.25, 0.3) is 0 Å². The van der Waals surface area contributed by atoms with Crippen LogP contribution in [0.15, 0.2) is 0 Å². The van der Waals surface area contributed by atoms with Crippen LogP contribution in [-0.2, 0) is 19.1 Å². The van der Waals surface area contributed by atoms with Crippen molar-refractivity contribution in [2.45, 2.75) is 64.3 Å². The molecule has 26 heavy (non-hydrogen) atoms. The van der Waals surface area contributed by atoms with Crippen LogP contribution in [0.4, 0.5) is 4.79 Å². The highest BCUT2D eigenvalue weighted by atomic mass is 16.5. The summed E-state index contributed by atoms with van der Waals surface area (Å²) in [7, 11) is 0. The molecule has 0 aromatic carbocycles. The predicted molar refractivity (Wildman–Crippen MR) is 94.1 cm³/mol. The molecule has 2 rings (SSSR count). The summed E-state index contributed by atoms with van der Waals surface area (Å²) in [6.45, 7) is 3.68. The summed E-state index contributed by atoms with van der Waals surface area (Å²) in [5.41, 5.74) is -0.897. The number of amides is 4. The molecule has 1 heterocycles. The highest BCUT2D eigenvalue weighted by molar-refractivity contribution is 6.09. The Morgan fingerprint density at radius 2 is 2.08 bits per heavy atom. The molecule has 0 aromatic heterocycles. The summed E-state index contributed by atoms with van der Waals surface area (Å²) in [5.74, 6) is -1.49. The van der Waals surface area contributed by atoms with Gasteiger partial charge in [-0.15, -0.1) is 0 Å². The van der Waals surface area contributed by atoms with Crippen molar-refractivity contribution in [1.29, 1.82) is 0 Å². The van der Waals surface area contributed by atoms with E-state index in [0.717, 1.165) is 43.4 Å². The number of imide groups is 1. The van der Waals surface area contributed by atoms with Gasteiger partial charge in [-0.2, -0.15) is 0 Å². The SMILES string of the molecule is CCCCCNC(=O)COC(=O)CN1C(=O)N[C@]2(CCCC[C@H]2C)C1=O. The van der Waals surface area contributed by atoms with Crippen molar-refractivity contribution in [1.82, 2.24) is 15.5 Å². The van der Waals surface area contributed by atoms with Crippen molar-refractivity contribution < 1.29 is 23.9 Å². The molecule has 8 heteroatoms. The van der Waals surface area contributed by atoms with Crippen LogP contribution in [-0.4, -0.2) is 54.0 Å². The second kappa shape index (κ2) is 9.00. The minimum atomic E-state index is -0.897. The van der Waals surface area contributed by atoms with E-state index < -0.39 is 30.7 Å². The van der Waals surface area contributed by atoms with Gasteiger partial charge in [-0.05, 0) is 25.2 Å². The first-order valence-electron chi connectivity index (χ1n) is 9.47. The lowest BCUT2D eigenvalue weighted by Gasteiger charge is -2.36. The Morgan fingerprint density at radius 1 is 1.31 bits per heavy atom. The summed E-state index contributed by atoms with van der Waals surface area (Å²) >= 11 is 0. The zero-order valence-corrected chi connectivity index (χ0v) is 15.6. The van der Waals surface area contributed by atoms with Gasteiger partial charge in [-0.3, -0.25) is 19.3 Å². The molecule has 0 unspecified atom stereocenters. The van der Waals surface area contributed by atoms with E-state index in [1.54, 1.807) is 0 Å². The smallest absolute Gasteiger partial charge is 0.326 e. The summed E-state index contributed by atoms with van der Waals surface area (Å²) in [5, 5.41) is 5.44. The number of hydrogen-bond donors (Lipinski definition) is 2. The maximum atomic E-state index is 12.7. The van der Waals surface area contributed by atoms with Gasteiger partial charge in [-0.1, -0.05) is 39.5 Å². The molecule has 2 atom stereocenters. The van der Waals surface area contributed by atoms with Crippen LogP contribution < -0.4 is 10.6 Å². The number of carbonyl (C=O) groups excluding carboxylic acids is 4. The van der Waals surface area contributed by atoms with Crippen molar-refractivity contribution in [2.75, 3.05) is 19.7 Å². The largest absolute Gasteiger partial charge is 0.454 e. The average Bonchev–Trinajstić information content (AvgIpc) is 2.84.